The SMILES string of the molecule is CC1CN(c2ccc(NC(=O)c3sccc3S(=O)(=O)N3CCCC3)cc2)CC(C)O1. The number of carbonyl (C=O) groups is 1. The zero-order chi connectivity index (χ0) is 21.3. The van der Waals surface area contributed by atoms with Crippen LogP contribution < -0.4 is 10.2 Å². The lowest BCUT2D eigenvalue weighted by Crippen LogP contribution is -2.45. The van der Waals surface area contributed by atoms with Crippen molar-refractivity contribution in [3.8, 4) is 0 Å². The highest BCUT2D eigenvalue weighted by Gasteiger charge is 2.32. The van der Waals surface area contributed by atoms with E-state index in [0.29, 0.717) is 18.8 Å². The van der Waals surface area contributed by atoms with Crippen LogP contribution in [0.5, 0.6) is 0 Å². The summed E-state index contributed by atoms with van der Waals surface area (Å²) < 4.78 is 33.0. The molecule has 2 saturated heterocycles. The Morgan fingerprint density at radius 1 is 1.07 bits per heavy atom. The normalized spacial score (nSPS) is 22.9. The second-order valence-corrected chi connectivity index (χ2v) is 10.7. The van der Waals surface area contributed by atoms with Gasteiger partial charge in [0, 0.05) is 37.6 Å². The molecule has 0 radical (unpaired) electrons. The first-order valence-corrected chi connectivity index (χ1v) is 12.6. The molecule has 0 saturated carbocycles. The predicted octanol–water partition coefficient (Wildman–Crippen LogP) is 3.40. The molecule has 0 spiro atoms. The molecule has 0 bridgehead atoms. The van der Waals surface area contributed by atoms with E-state index in [1.807, 2.05) is 24.3 Å². The minimum absolute atomic E-state index is 0.0970. The number of sulfonamides is 1. The highest BCUT2D eigenvalue weighted by molar-refractivity contribution is 7.89. The molecule has 1 amide bonds. The van der Waals surface area contributed by atoms with E-state index in [4.69, 9.17) is 4.74 Å². The van der Waals surface area contributed by atoms with E-state index < -0.39 is 15.9 Å². The van der Waals surface area contributed by atoms with Gasteiger partial charge in [0.1, 0.15) is 9.77 Å². The Morgan fingerprint density at radius 2 is 1.70 bits per heavy atom. The maximum Gasteiger partial charge on any atom is 0.267 e. The van der Waals surface area contributed by atoms with Crippen LogP contribution in [0.15, 0.2) is 40.6 Å². The van der Waals surface area contributed by atoms with Crippen molar-refractivity contribution in [3.05, 3.63) is 40.6 Å². The number of morpholine rings is 1. The third-order valence-corrected chi connectivity index (χ3v) is 8.41. The molecular formula is C21H27N3O4S2. The van der Waals surface area contributed by atoms with Crippen LogP contribution in [0.3, 0.4) is 0 Å². The number of rotatable bonds is 5. The highest BCUT2D eigenvalue weighted by Crippen LogP contribution is 2.29. The van der Waals surface area contributed by atoms with E-state index in [1.54, 1.807) is 5.38 Å². The fourth-order valence-electron chi connectivity index (χ4n) is 4.07. The smallest absolute Gasteiger partial charge is 0.267 e. The summed E-state index contributed by atoms with van der Waals surface area (Å²) in [5.74, 6) is -0.399. The van der Waals surface area contributed by atoms with Gasteiger partial charge in [-0.15, -0.1) is 11.3 Å². The maximum atomic E-state index is 12.9. The molecule has 0 aliphatic carbocycles. The van der Waals surface area contributed by atoms with Crippen LogP contribution in [-0.4, -0.2) is 57.0 Å². The van der Waals surface area contributed by atoms with E-state index in [9.17, 15) is 13.2 Å². The largest absolute Gasteiger partial charge is 0.372 e. The Morgan fingerprint density at radius 3 is 2.33 bits per heavy atom. The van der Waals surface area contributed by atoms with Crippen molar-refractivity contribution in [2.24, 2.45) is 0 Å². The van der Waals surface area contributed by atoms with E-state index in [0.717, 1.165) is 43.0 Å². The average Bonchev–Trinajstić information content (AvgIpc) is 3.40. The van der Waals surface area contributed by atoms with Crippen molar-refractivity contribution in [3.63, 3.8) is 0 Å². The second-order valence-electron chi connectivity index (χ2n) is 7.89. The summed E-state index contributed by atoms with van der Waals surface area (Å²) >= 11 is 1.15. The summed E-state index contributed by atoms with van der Waals surface area (Å²) in [7, 11) is -3.63. The van der Waals surface area contributed by atoms with Crippen molar-refractivity contribution in [2.45, 2.75) is 43.8 Å². The number of thiophene rings is 1. The maximum absolute atomic E-state index is 12.9. The molecule has 2 aliphatic heterocycles. The molecule has 3 heterocycles. The molecule has 30 heavy (non-hydrogen) atoms. The lowest BCUT2D eigenvalue weighted by molar-refractivity contribution is -0.00521. The molecule has 4 rings (SSSR count). The molecule has 2 atom stereocenters. The quantitative estimate of drug-likeness (QED) is 0.757. The van der Waals surface area contributed by atoms with Crippen molar-refractivity contribution < 1.29 is 17.9 Å². The topological polar surface area (TPSA) is 79.0 Å². The van der Waals surface area contributed by atoms with Crippen molar-refractivity contribution >= 4 is 38.6 Å². The third kappa shape index (κ3) is 4.39. The Labute approximate surface area is 181 Å². The van der Waals surface area contributed by atoms with E-state index in [2.05, 4.69) is 24.1 Å². The zero-order valence-electron chi connectivity index (χ0n) is 17.2. The minimum atomic E-state index is -3.63. The fourth-order valence-corrected chi connectivity index (χ4v) is 6.88. The third-order valence-electron chi connectivity index (χ3n) is 5.43. The first-order chi connectivity index (χ1) is 14.3. The van der Waals surface area contributed by atoms with E-state index >= 15 is 0 Å². The number of nitrogens with zero attached hydrogens (tertiary/aromatic N) is 2. The van der Waals surface area contributed by atoms with Crippen molar-refractivity contribution in [1.29, 1.82) is 0 Å². The summed E-state index contributed by atoms with van der Waals surface area (Å²) in [6.07, 6.45) is 2.06. The molecule has 162 valence electrons. The summed E-state index contributed by atoms with van der Waals surface area (Å²) in [6.45, 7) is 6.79. The van der Waals surface area contributed by atoms with Crippen LogP contribution in [0.2, 0.25) is 0 Å². The van der Waals surface area contributed by atoms with Crippen LogP contribution in [-0.2, 0) is 14.8 Å². The summed E-state index contributed by atoms with van der Waals surface area (Å²) in [5.41, 5.74) is 1.71. The molecule has 2 fully saturated rings. The van der Waals surface area contributed by atoms with Crippen molar-refractivity contribution in [2.75, 3.05) is 36.4 Å². The van der Waals surface area contributed by atoms with E-state index in [1.165, 1.54) is 10.4 Å². The van der Waals surface area contributed by atoms with Crippen LogP contribution in [0, 0.1) is 0 Å². The van der Waals surface area contributed by atoms with Crippen molar-refractivity contribution in [1.82, 2.24) is 4.31 Å². The number of ether oxygens (including phenoxy) is 1. The number of hydrogen-bond donors (Lipinski definition) is 1. The predicted molar refractivity (Wildman–Crippen MR) is 119 cm³/mol. The molecule has 1 aromatic carbocycles. The highest BCUT2D eigenvalue weighted by atomic mass is 32.2. The van der Waals surface area contributed by atoms with Gasteiger partial charge >= 0.3 is 0 Å². The molecule has 2 unspecified atom stereocenters. The van der Waals surface area contributed by atoms with Gasteiger partial charge in [-0.25, -0.2) is 8.42 Å². The van der Waals surface area contributed by atoms with Gasteiger partial charge in [0.15, 0.2) is 0 Å². The fraction of sp³-hybridized carbons (Fsp3) is 0.476. The summed E-state index contributed by atoms with van der Waals surface area (Å²) in [6, 6.07) is 9.16. The number of carbonyl (C=O) groups excluding carboxylic acids is 1. The Bertz CT molecular complexity index is 988. The number of nitrogens with one attached hydrogen (secondary N) is 1. The van der Waals surface area contributed by atoms with Gasteiger partial charge in [0.25, 0.3) is 5.91 Å². The van der Waals surface area contributed by atoms with Gasteiger partial charge < -0.3 is 15.0 Å². The molecule has 7 nitrogen and oxygen atoms in total. The van der Waals surface area contributed by atoms with Crippen LogP contribution >= 0.6 is 11.3 Å². The number of benzene rings is 1. The summed E-state index contributed by atoms with van der Waals surface area (Å²) in [4.78, 5) is 15.4. The van der Waals surface area contributed by atoms with Gasteiger partial charge in [0.05, 0.1) is 12.2 Å². The number of amides is 1. The Hall–Kier alpha value is -1.94. The Kier molecular flexibility index (Phi) is 6.15. The van der Waals surface area contributed by atoms with Gasteiger partial charge in [-0.05, 0) is 62.4 Å². The molecule has 1 N–H and O–H groups in total. The molecule has 1 aromatic heterocycles. The van der Waals surface area contributed by atoms with Gasteiger partial charge in [0.2, 0.25) is 10.0 Å². The van der Waals surface area contributed by atoms with Crippen LogP contribution in [0.1, 0.15) is 36.4 Å². The monoisotopic (exact) mass is 449 g/mol. The lowest BCUT2D eigenvalue weighted by Gasteiger charge is -2.36. The minimum Gasteiger partial charge on any atom is -0.372 e. The average molecular weight is 450 g/mol. The molecule has 2 aliphatic rings. The Balaban J connectivity index is 1.47. The van der Waals surface area contributed by atoms with E-state index in [-0.39, 0.29) is 22.0 Å². The molecule has 9 heteroatoms. The molecule has 2 aromatic rings. The lowest BCUT2D eigenvalue weighted by atomic mass is 10.2. The first kappa shape index (κ1) is 21.3. The zero-order valence-corrected chi connectivity index (χ0v) is 18.8. The van der Waals surface area contributed by atoms with Gasteiger partial charge in [-0.2, -0.15) is 4.31 Å². The molecular weight excluding hydrogens is 422 g/mol. The number of anilines is 2. The first-order valence-electron chi connectivity index (χ1n) is 10.2. The summed E-state index contributed by atoms with van der Waals surface area (Å²) in [5, 5.41) is 4.49. The number of hydrogen-bond acceptors (Lipinski definition) is 6. The van der Waals surface area contributed by atoms with Crippen LogP contribution in [0.4, 0.5) is 11.4 Å². The van der Waals surface area contributed by atoms with Gasteiger partial charge in [-0.3, -0.25) is 4.79 Å². The van der Waals surface area contributed by atoms with Gasteiger partial charge in [-0.1, -0.05) is 0 Å². The second kappa shape index (κ2) is 8.66. The van der Waals surface area contributed by atoms with Crippen LogP contribution in [0.25, 0.3) is 0 Å². The standard InChI is InChI=1S/C21H27N3O4S2/c1-15-13-23(14-16(2)28-15)18-7-5-17(6-8-18)22-21(25)20-19(9-12-29-20)30(26,27)24-10-3-4-11-24/h5-9,12,15-16H,3-4,10-11,13-14H2,1-2H3,(H,22,25).